The van der Waals surface area contributed by atoms with Gasteiger partial charge in [0.05, 0.1) is 0 Å². The highest BCUT2D eigenvalue weighted by molar-refractivity contribution is 5.94. The molecule has 2 rings (SSSR count). The van der Waals surface area contributed by atoms with Crippen molar-refractivity contribution in [2.24, 2.45) is 0 Å². The van der Waals surface area contributed by atoms with Crippen LogP contribution in [0.5, 0.6) is 0 Å². The van der Waals surface area contributed by atoms with Crippen molar-refractivity contribution in [1.29, 1.82) is 0 Å². The summed E-state index contributed by atoms with van der Waals surface area (Å²) in [4.78, 5) is 11.1. The van der Waals surface area contributed by atoms with E-state index < -0.39 is 0 Å². The van der Waals surface area contributed by atoms with Gasteiger partial charge < -0.3 is 5.73 Å². The molecule has 0 aliphatic heterocycles. The molecule has 0 amide bonds. The number of carbonyl (C=O) groups excluding carboxylic acids is 1. The van der Waals surface area contributed by atoms with Gasteiger partial charge in [-0.05, 0) is 30.2 Å². The highest BCUT2D eigenvalue weighted by Crippen LogP contribution is 2.20. The fourth-order valence-electron chi connectivity index (χ4n) is 1.57. The minimum absolute atomic E-state index is 0.0869. The third-order valence-corrected chi connectivity index (χ3v) is 2.54. The summed E-state index contributed by atoms with van der Waals surface area (Å²) in [5.41, 5.74) is 9.30. The summed E-state index contributed by atoms with van der Waals surface area (Å²) in [7, 11) is 0. The van der Waals surface area contributed by atoms with Gasteiger partial charge in [0.2, 0.25) is 0 Å². The SMILES string of the molecule is CC.CC(=O)c1ccc(-c2ccc(N)cc2)cc1. The van der Waals surface area contributed by atoms with Crippen LogP contribution in [0.15, 0.2) is 48.5 Å². The van der Waals surface area contributed by atoms with Gasteiger partial charge in [-0.2, -0.15) is 0 Å². The zero-order valence-electron chi connectivity index (χ0n) is 11.1. The van der Waals surface area contributed by atoms with Crippen molar-refractivity contribution < 1.29 is 4.79 Å². The van der Waals surface area contributed by atoms with Crippen LogP contribution in [0.1, 0.15) is 31.1 Å². The summed E-state index contributed by atoms with van der Waals surface area (Å²) >= 11 is 0. The van der Waals surface area contributed by atoms with Gasteiger partial charge in [0.1, 0.15) is 0 Å². The quantitative estimate of drug-likeness (QED) is 0.633. The van der Waals surface area contributed by atoms with Crippen molar-refractivity contribution in [2.45, 2.75) is 20.8 Å². The molecule has 0 aromatic heterocycles. The van der Waals surface area contributed by atoms with Crippen molar-refractivity contribution in [1.82, 2.24) is 0 Å². The molecule has 2 aromatic rings. The van der Waals surface area contributed by atoms with Crippen LogP contribution in [0.3, 0.4) is 0 Å². The Hall–Kier alpha value is -2.09. The number of rotatable bonds is 2. The van der Waals surface area contributed by atoms with Crippen LogP contribution in [-0.2, 0) is 0 Å². The van der Waals surface area contributed by atoms with E-state index in [1.54, 1.807) is 6.92 Å². The Bertz CT molecular complexity index is 498. The highest BCUT2D eigenvalue weighted by atomic mass is 16.1. The molecule has 0 atom stereocenters. The molecule has 94 valence electrons. The lowest BCUT2D eigenvalue weighted by Gasteiger charge is -2.03. The van der Waals surface area contributed by atoms with E-state index in [0.29, 0.717) is 0 Å². The number of nitrogen functional groups attached to an aromatic ring is 1. The standard InChI is InChI=1S/C14H13NO.C2H6/c1-10(16)11-2-4-12(5-3-11)13-6-8-14(15)9-7-13;1-2/h2-9H,15H2,1H3;1-2H3. The van der Waals surface area contributed by atoms with E-state index in [2.05, 4.69) is 0 Å². The maximum absolute atomic E-state index is 11.1. The predicted molar refractivity (Wildman–Crippen MR) is 77.6 cm³/mol. The number of hydrogen-bond donors (Lipinski definition) is 1. The Morgan fingerprint density at radius 1 is 0.833 bits per heavy atom. The van der Waals surface area contributed by atoms with Gasteiger partial charge in [0.15, 0.2) is 5.78 Å². The lowest BCUT2D eigenvalue weighted by molar-refractivity contribution is 0.101. The molecule has 0 fully saturated rings. The second kappa shape index (κ2) is 6.60. The number of benzene rings is 2. The number of Topliss-reactive ketones (excluding diaryl/α,β-unsaturated/α-hetero) is 1. The molecule has 0 aliphatic carbocycles. The molecule has 0 spiro atoms. The maximum Gasteiger partial charge on any atom is 0.159 e. The molecule has 2 nitrogen and oxygen atoms in total. The number of anilines is 1. The van der Waals surface area contributed by atoms with E-state index in [1.165, 1.54) is 0 Å². The van der Waals surface area contributed by atoms with E-state index >= 15 is 0 Å². The Labute approximate surface area is 108 Å². The lowest BCUT2D eigenvalue weighted by Crippen LogP contribution is -1.90. The summed E-state index contributed by atoms with van der Waals surface area (Å²) in [5.74, 6) is 0.0869. The Kier molecular flexibility index (Phi) is 5.12. The summed E-state index contributed by atoms with van der Waals surface area (Å²) in [6.07, 6.45) is 0. The van der Waals surface area contributed by atoms with Crippen LogP contribution >= 0.6 is 0 Å². The monoisotopic (exact) mass is 241 g/mol. The fraction of sp³-hybridized carbons (Fsp3) is 0.188. The molecule has 0 radical (unpaired) electrons. The third kappa shape index (κ3) is 3.45. The van der Waals surface area contributed by atoms with Crippen molar-refractivity contribution >= 4 is 11.5 Å². The summed E-state index contributed by atoms with van der Waals surface area (Å²) in [5, 5.41) is 0. The Balaban J connectivity index is 0.000000771. The first-order chi connectivity index (χ1) is 8.66. The van der Waals surface area contributed by atoms with Crippen molar-refractivity contribution in [3.8, 4) is 11.1 Å². The normalized spacial score (nSPS) is 9.28. The highest BCUT2D eigenvalue weighted by Gasteiger charge is 2.00. The second-order valence-electron chi connectivity index (χ2n) is 3.76. The molecular formula is C16H19NO. The maximum atomic E-state index is 11.1. The molecule has 0 bridgehead atoms. The van der Waals surface area contributed by atoms with Gasteiger partial charge in [0.25, 0.3) is 0 Å². The van der Waals surface area contributed by atoms with Gasteiger partial charge in [-0.25, -0.2) is 0 Å². The zero-order chi connectivity index (χ0) is 13.5. The number of hydrogen-bond acceptors (Lipinski definition) is 2. The number of nitrogens with two attached hydrogens (primary N) is 1. The fourth-order valence-corrected chi connectivity index (χ4v) is 1.57. The molecule has 0 unspecified atom stereocenters. The first-order valence-corrected chi connectivity index (χ1v) is 6.14. The molecule has 2 N–H and O–H groups in total. The molecular weight excluding hydrogens is 222 g/mol. The van der Waals surface area contributed by atoms with Crippen LogP contribution in [0.25, 0.3) is 11.1 Å². The van der Waals surface area contributed by atoms with Crippen LogP contribution in [0.4, 0.5) is 5.69 Å². The van der Waals surface area contributed by atoms with Crippen molar-refractivity contribution in [2.75, 3.05) is 5.73 Å². The van der Waals surface area contributed by atoms with Crippen LogP contribution < -0.4 is 5.73 Å². The van der Waals surface area contributed by atoms with Gasteiger partial charge >= 0.3 is 0 Å². The van der Waals surface area contributed by atoms with Crippen molar-refractivity contribution in [3.63, 3.8) is 0 Å². The van der Waals surface area contributed by atoms with Crippen LogP contribution in [0, 0.1) is 0 Å². The zero-order valence-corrected chi connectivity index (χ0v) is 11.1. The lowest BCUT2D eigenvalue weighted by atomic mass is 10.0. The van der Waals surface area contributed by atoms with E-state index in [0.717, 1.165) is 22.4 Å². The van der Waals surface area contributed by atoms with Gasteiger partial charge in [0, 0.05) is 11.3 Å². The van der Waals surface area contributed by atoms with Crippen molar-refractivity contribution in [3.05, 3.63) is 54.1 Å². The largest absolute Gasteiger partial charge is 0.399 e. The van der Waals surface area contributed by atoms with E-state index in [4.69, 9.17) is 5.73 Å². The third-order valence-electron chi connectivity index (χ3n) is 2.54. The summed E-state index contributed by atoms with van der Waals surface area (Å²) in [6.45, 7) is 5.57. The number of carbonyl (C=O) groups is 1. The van der Waals surface area contributed by atoms with Gasteiger partial charge in [-0.1, -0.05) is 50.2 Å². The predicted octanol–water partition coefficient (Wildman–Crippen LogP) is 4.16. The number of ketones is 1. The first kappa shape index (κ1) is 14.0. The molecule has 0 heterocycles. The molecule has 0 saturated heterocycles. The van der Waals surface area contributed by atoms with E-state index in [9.17, 15) is 4.79 Å². The molecule has 2 aromatic carbocycles. The molecule has 0 aliphatic rings. The molecule has 18 heavy (non-hydrogen) atoms. The first-order valence-electron chi connectivity index (χ1n) is 6.14. The summed E-state index contributed by atoms with van der Waals surface area (Å²) < 4.78 is 0. The Morgan fingerprint density at radius 2 is 1.22 bits per heavy atom. The average Bonchev–Trinajstić information content (AvgIpc) is 2.42. The topological polar surface area (TPSA) is 43.1 Å². The molecule has 2 heteroatoms. The smallest absolute Gasteiger partial charge is 0.159 e. The van der Waals surface area contributed by atoms with E-state index in [-0.39, 0.29) is 5.78 Å². The second-order valence-corrected chi connectivity index (χ2v) is 3.76. The Morgan fingerprint density at radius 3 is 1.61 bits per heavy atom. The average molecular weight is 241 g/mol. The van der Waals surface area contributed by atoms with Gasteiger partial charge in [-0.3, -0.25) is 4.79 Å². The minimum atomic E-state index is 0.0869. The van der Waals surface area contributed by atoms with Crippen LogP contribution in [0.2, 0.25) is 0 Å². The van der Waals surface area contributed by atoms with Gasteiger partial charge in [-0.15, -0.1) is 0 Å². The van der Waals surface area contributed by atoms with E-state index in [1.807, 2.05) is 62.4 Å². The minimum Gasteiger partial charge on any atom is -0.399 e. The molecule has 0 saturated carbocycles. The van der Waals surface area contributed by atoms with Crippen LogP contribution in [-0.4, -0.2) is 5.78 Å². The summed E-state index contributed by atoms with van der Waals surface area (Å²) in [6, 6.07) is 15.3.